The number of halogens is 4. The van der Waals surface area contributed by atoms with Gasteiger partial charge in [0.1, 0.15) is 18.0 Å². The number of hydrogen-bond donors (Lipinski definition) is 1. The van der Waals surface area contributed by atoms with Gasteiger partial charge >= 0.3 is 0 Å². The number of alkyl halides is 2. The van der Waals surface area contributed by atoms with Crippen LogP contribution in [0.5, 0.6) is 0 Å². The van der Waals surface area contributed by atoms with Gasteiger partial charge in [-0.25, -0.2) is 36.5 Å². The molecule has 0 amide bonds. The fourth-order valence-electron chi connectivity index (χ4n) is 3.75. The van der Waals surface area contributed by atoms with Crippen molar-refractivity contribution in [3.63, 3.8) is 0 Å². The monoisotopic (exact) mass is 499 g/mol. The molecule has 1 saturated heterocycles. The summed E-state index contributed by atoms with van der Waals surface area (Å²) in [5, 5.41) is 3.70. The summed E-state index contributed by atoms with van der Waals surface area (Å²) in [5.74, 6) is -3.98. The van der Waals surface area contributed by atoms with E-state index in [2.05, 4.69) is 20.3 Å². The van der Waals surface area contributed by atoms with E-state index in [0.717, 1.165) is 6.07 Å². The van der Waals surface area contributed by atoms with Gasteiger partial charge in [0.05, 0.1) is 34.2 Å². The third-order valence-electron chi connectivity index (χ3n) is 5.57. The molecule has 33 heavy (non-hydrogen) atoms. The van der Waals surface area contributed by atoms with Gasteiger partial charge < -0.3 is 10.2 Å². The van der Waals surface area contributed by atoms with E-state index in [-0.39, 0.29) is 41.0 Å². The molecule has 1 fully saturated rings. The van der Waals surface area contributed by atoms with Gasteiger partial charge in [-0.15, -0.1) is 0 Å². The molecule has 4 rings (SSSR count). The Morgan fingerprint density at radius 3 is 2.58 bits per heavy atom. The molecule has 1 aromatic carbocycles. The summed E-state index contributed by atoms with van der Waals surface area (Å²) in [4.78, 5) is 14.5. The zero-order valence-electron chi connectivity index (χ0n) is 17.8. The van der Waals surface area contributed by atoms with Gasteiger partial charge in [0.15, 0.2) is 20.6 Å². The quantitative estimate of drug-likeness (QED) is 0.522. The van der Waals surface area contributed by atoms with Crippen LogP contribution in [0.1, 0.15) is 31.0 Å². The maximum Gasteiger partial charge on any atom is 0.273 e. The zero-order chi connectivity index (χ0) is 24.0. The molecule has 176 valence electrons. The Kier molecular flexibility index (Phi) is 6.12. The number of benzene rings is 1. The molecule has 1 atom stereocenters. The molecule has 0 radical (unpaired) electrons. The average molecular weight is 500 g/mol. The number of aromatic nitrogens is 3. The van der Waals surface area contributed by atoms with Gasteiger partial charge in [0, 0.05) is 25.6 Å². The first-order valence-corrected chi connectivity index (χ1v) is 12.4. The summed E-state index contributed by atoms with van der Waals surface area (Å²) < 4.78 is 65.9. The third-order valence-corrected chi connectivity index (χ3v) is 7.45. The maximum atomic E-state index is 14.8. The highest BCUT2D eigenvalue weighted by Gasteiger charge is 2.30. The van der Waals surface area contributed by atoms with E-state index in [4.69, 9.17) is 11.6 Å². The zero-order valence-corrected chi connectivity index (χ0v) is 19.4. The molecule has 7 nitrogen and oxygen atoms in total. The summed E-state index contributed by atoms with van der Waals surface area (Å²) in [7, 11) is -3.08. The molecular formula is C21H21ClF3N5O2S. The lowest BCUT2D eigenvalue weighted by Gasteiger charge is -2.29. The Morgan fingerprint density at radius 2 is 1.91 bits per heavy atom. The summed E-state index contributed by atoms with van der Waals surface area (Å²) in [6, 6.07) is 4.86. The molecule has 0 bridgehead atoms. The molecule has 1 aliphatic heterocycles. The average Bonchev–Trinajstić information content (AvgIpc) is 2.73. The second-order valence-electron chi connectivity index (χ2n) is 7.99. The van der Waals surface area contributed by atoms with Crippen LogP contribution in [0.25, 0.3) is 11.0 Å². The SMILES string of the molecule is C[C@@H](Nc1ncnc2nc(Cl)c(N3CCS(=O)(=O)CC3)cc12)c1cccc(C(C)(F)F)c1F. The topological polar surface area (TPSA) is 88.1 Å². The van der Waals surface area contributed by atoms with Gasteiger partial charge in [0.2, 0.25) is 0 Å². The van der Waals surface area contributed by atoms with Crippen LogP contribution in [0.15, 0.2) is 30.6 Å². The smallest absolute Gasteiger partial charge is 0.273 e. The van der Waals surface area contributed by atoms with Gasteiger partial charge in [-0.3, -0.25) is 0 Å². The number of anilines is 2. The van der Waals surface area contributed by atoms with Crippen LogP contribution in [0.4, 0.5) is 24.7 Å². The standard InChI is InChI=1S/C21H21ClF3N5O2S/c1-12(13-4-3-5-15(17(13)23)21(2,24)25)28-19-14-10-16(18(22)29-20(14)27-11-26-19)30-6-8-33(31,32)9-7-30/h3-5,10-12H,6-9H2,1-2H3,(H,26,27,28,29)/t12-/m1/s1. The van der Waals surface area contributed by atoms with Crippen molar-refractivity contribution in [2.24, 2.45) is 0 Å². The summed E-state index contributed by atoms with van der Waals surface area (Å²) in [5.41, 5.74) is 0.192. The van der Waals surface area contributed by atoms with Crippen LogP contribution in [0.3, 0.4) is 0 Å². The lowest BCUT2D eigenvalue weighted by molar-refractivity contribution is 0.0136. The summed E-state index contributed by atoms with van der Waals surface area (Å²) in [6.45, 7) is 2.81. The predicted molar refractivity (Wildman–Crippen MR) is 121 cm³/mol. The first kappa shape index (κ1) is 23.5. The van der Waals surface area contributed by atoms with E-state index in [1.165, 1.54) is 18.5 Å². The number of sulfone groups is 1. The summed E-state index contributed by atoms with van der Waals surface area (Å²) >= 11 is 6.34. The fraction of sp³-hybridized carbons (Fsp3) is 0.381. The van der Waals surface area contributed by atoms with Gasteiger partial charge in [-0.05, 0) is 13.0 Å². The molecule has 0 unspecified atom stereocenters. The highest BCUT2D eigenvalue weighted by atomic mass is 35.5. The first-order chi connectivity index (χ1) is 15.5. The van der Waals surface area contributed by atoms with E-state index in [1.54, 1.807) is 13.0 Å². The highest BCUT2D eigenvalue weighted by Crippen LogP contribution is 2.35. The lowest BCUT2D eigenvalue weighted by Crippen LogP contribution is -2.40. The van der Waals surface area contributed by atoms with Crippen LogP contribution >= 0.6 is 11.6 Å². The number of nitrogens with one attached hydrogen (secondary N) is 1. The molecule has 0 spiro atoms. The van der Waals surface area contributed by atoms with Crippen LogP contribution in [0, 0.1) is 5.82 Å². The van der Waals surface area contributed by atoms with Crippen molar-refractivity contribution in [3.05, 3.63) is 52.7 Å². The molecule has 1 N–H and O–H groups in total. The minimum atomic E-state index is -3.32. The number of pyridine rings is 1. The van der Waals surface area contributed by atoms with Crippen LogP contribution in [-0.2, 0) is 15.8 Å². The van der Waals surface area contributed by atoms with E-state index in [1.807, 2.05) is 4.90 Å². The molecular weight excluding hydrogens is 479 g/mol. The first-order valence-electron chi connectivity index (χ1n) is 10.2. The fourth-order valence-corrected chi connectivity index (χ4v) is 5.21. The maximum absolute atomic E-state index is 14.8. The van der Waals surface area contributed by atoms with Crippen molar-refractivity contribution >= 4 is 44.0 Å². The Bertz CT molecular complexity index is 1300. The minimum absolute atomic E-state index is 0.00643. The van der Waals surface area contributed by atoms with E-state index >= 15 is 0 Å². The Morgan fingerprint density at radius 1 is 1.21 bits per heavy atom. The number of rotatable bonds is 5. The Labute approximate surface area is 193 Å². The van der Waals surface area contributed by atoms with Gasteiger partial charge in [-0.2, -0.15) is 0 Å². The normalized spacial score (nSPS) is 17.2. The Balaban J connectivity index is 1.69. The van der Waals surface area contributed by atoms with Crippen LogP contribution in [-0.4, -0.2) is 48.0 Å². The molecule has 12 heteroatoms. The molecule has 1 aliphatic rings. The van der Waals surface area contributed by atoms with Crippen molar-refractivity contribution < 1.29 is 21.6 Å². The number of nitrogens with zero attached hydrogens (tertiary/aromatic N) is 4. The van der Waals surface area contributed by atoms with E-state index in [0.29, 0.717) is 23.8 Å². The largest absolute Gasteiger partial charge is 0.367 e. The second-order valence-corrected chi connectivity index (χ2v) is 10.7. The number of hydrogen-bond acceptors (Lipinski definition) is 7. The van der Waals surface area contributed by atoms with Crippen molar-refractivity contribution in [2.75, 3.05) is 34.8 Å². The Hall–Kier alpha value is -2.66. The van der Waals surface area contributed by atoms with Gasteiger partial charge in [0.25, 0.3) is 5.92 Å². The van der Waals surface area contributed by atoms with Crippen molar-refractivity contribution in [2.45, 2.75) is 25.8 Å². The second kappa shape index (κ2) is 8.60. The van der Waals surface area contributed by atoms with Gasteiger partial charge in [-0.1, -0.05) is 29.8 Å². The van der Waals surface area contributed by atoms with Crippen LogP contribution < -0.4 is 10.2 Å². The molecule has 3 heterocycles. The van der Waals surface area contributed by atoms with E-state index in [9.17, 15) is 21.6 Å². The minimum Gasteiger partial charge on any atom is -0.367 e. The molecule has 3 aromatic rings. The third kappa shape index (κ3) is 4.84. The molecule has 2 aromatic heterocycles. The number of fused-ring (bicyclic) bond motifs is 1. The highest BCUT2D eigenvalue weighted by molar-refractivity contribution is 7.91. The predicted octanol–water partition coefficient (Wildman–Crippen LogP) is 4.34. The van der Waals surface area contributed by atoms with E-state index < -0.39 is 33.2 Å². The lowest BCUT2D eigenvalue weighted by atomic mass is 10.0. The summed E-state index contributed by atoms with van der Waals surface area (Å²) in [6.07, 6.45) is 1.26. The molecule has 0 aliphatic carbocycles. The van der Waals surface area contributed by atoms with Crippen molar-refractivity contribution in [1.82, 2.24) is 15.0 Å². The molecule has 0 saturated carbocycles. The van der Waals surface area contributed by atoms with Crippen molar-refractivity contribution in [1.29, 1.82) is 0 Å². The van der Waals surface area contributed by atoms with Crippen LogP contribution in [0.2, 0.25) is 5.15 Å². The van der Waals surface area contributed by atoms with Crippen molar-refractivity contribution in [3.8, 4) is 0 Å².